The topological polar surface area (TPSA) is 43.3 Å². The Labute approximate surface area is 184 Å². The molecule has 5 rings (SSSR count). The van der Waals surface area contributed by atoms with E-state index >= 15 is 0 Å². The van der Waals surface area contributed by atoms with Crippen LogP contribution >= 0.6 is 15.9 Å². The third-order valence-electron chi connectivity index (χ3n) is 5.58. The highest BCUT2D eigenvalue weighted by molar-refractivity contribution is 9.10. The van der Waals surface area contributed by atoms with Crippen molar-refractivity contribution in [2.75, 3.05) is 14.2 Å². The van der Waals surface area contributed by atoms with Crippen LogP contribution in [-0.4, -0.2) is 24.9 Å². The largest absolute Gasteiger partial charge is 0.493 e. The molecular weight excluding hydrogens is 444 g/mol. The first-order valence-electron chi connectivity index (χ1n) is 9.78. The van der Waals surface area contributed by atoms with Gasteiger partial charge in [0.25, 0.3) is 0 Å². The molecule has 30 heavy (non-hydrogen) atoms. The molecule has 0 spiro atoms. The molecule has 0 saturated heterocycles. The van der Waals surface area contributed by atoms with Crippen LogP contribution in [0.3, 0.4) is 0 Å². The number of methoxy groups -OCH3 is 2. The lowest BCUT2D eigenvalue weighted by atomic mass is 9.96. The Balaban J connectivity index is 1.62. The molecular formula is C24H21BrN2O3. The molecule has 2 heterocycles. The highest BCUT2D eigenvalue weighted by Crippen LogP contribution is 2.49. The number of nitrogens with zero attached hydrogens (tertiary/aromatic N) is 2. The first-order chi connectivity index (χ1) is 14.7. The van der Waals surface area contributed by atoms with Gasteiger partial charge in [-0.05, 0) is 35.9 Å². The van der Waals surface area contributed by atoms with E-state index in [4.69, 9.17) is 19.3 Å². The Hall–Kier alpha value is -2.99. The van der Waals surface area contributed by atoms with Gasteiger partial charge in [-0.2, -0.15) is 5.10 Å². The molecule has 6 heteroatoms. The van der Waals surface area contributed by atoms with Gasteiger partial charge in [0.15, 0.2) is 11.5 Å². The van der Waals surface area contributed by atoms with Gasteiger partial charge in [-0.25, -0.2) is 5.01 Å². The molecule has 0 saturated carbocycles. The minimum Gasteiger partial charge on any atom is -0.493 e. The Kier molecular flexibility index (Phi) is 4.87. The van der Waals surface area contributed by atoms with Crippen molar-refractivity contribution in [3.8, 4) is 17.2 Å². The zero-order valence-electron chi connectivity index (χ0n) is 16.7. The van der Waals surface area contributed by atoms with Gasteiger partial charge in [0.2, 0.25) is 6.23 Å². The molecule has 2 aliphatic rings. The Morgan fingerprint density at radius 2 is 1.70 bits per heavy atom. The number of ether oxygens (including phenoxy) is 3. The Bertz CT molecular complexity index is 1110. The minimum absolute atomic E-state index is 0.0921. The smallest absolute Gasteiger partial charge is 0.217 e. The summed E-state index contributed by atoms with van der Waals surface area (Å²) in [4.78, 5) is 0. The van der Waals surface area contributed by atoms with Crippen LogP contribution in [0, 0.1) is 0 Å². The van der Waals surface area contributed by atoms with Crippen LogP contribution in [0.2, 0.25) is 0 Å². The van der Waals surface area contributed by atoms with Gasteiger partial charge in [0.05, 0.1) is 31.5 Å². The number of rotatable bonds is 4. The number of hydrogen-bond acceptors (Lipinski definition) is 5. The van der Waals surface area contributed by atoms with Gasteiger partial charge in [-0.3, -0.25) is 0 Å². The molecule has 2 atom stereocenters. The first-order valence-corrected chi connectivity index (χ1v) is 10.6. The Morgan fingerprint density at radius 3 is 2.47 bits per heavy atom. The average molecular weight is 465 g/mol. The summed E-state index contributed by atoms with van der Waals surface area (Å²) in [7, 11) is 3.29. The molecule has 0 bridgehead atoms. The molecule has 2 aliphatic heterocycles. The van der Waals surface area contributed by atoms with E-state index in [9.17, 15) is 0 Å². The zero-order valence-corrected chi connectivity index (χ0v) is 18.3. The van der Waals surface area contributed by atoms with Crippen LogP contribution in [0.25, 0.3) is 0 Å². The van der Waals surface area contributed by atoms with Gasteiger partial charge in [-0.15, -0.1) is 0 Å². The SMILES string of the molecule is COc1cccc(C2Oc3ccccc3C3CC(c4ccc(Br)cc4)=NN32)c1OC. The maximum atomic E-state index is 6.45. The van der Waals surface area contributed by atoms with Crippen LogP contribution in [0.5, 0.6) is 17.2 Å². The summed E-state index contributed by atoms with van der Waals surface area (Å²) in [5, 5.41) is 7.06. The summed E-state index contributed by atoms with van der Waals surface area (Å²) < 4.78 is 18.7. The summed E-state index contributed by atoms with van der Waals surface area (Å²) >= 11 is 3.51. The van der Waals surface area contributed by atoms with Crippen molar-refractivity contribution in [1.29, 1.82) is 0 Å². The monoisotopic (exact) mass is 464 g/mol. The maximum Gasteiger partial charge on any atom is 0.217 e. The second-order valence-electron chi connectivity index (χ2n) is 7.24. The third kappa shape index (κ3) is 3.12. The summed E-state index contributed by atoms with van der Waals surface area (Å²) in [6.07, 6.45) is 0.396. The van der Waals surface area contributed by atoms with Crippen molar-refractivity contribution >= 4 is 21.6 Å². The van der Waals surface area contributed by atoms with Gasteiger partial charge >= 0.3 is 0 Å². The summed E-state index contributed by atoms with van der Waals surface area (Å²) in [5.74, 6) is 2.21. The Morgan fingerprint density at radius 1 is 0.933 bits per heavy atom. The number of halogens is 1. The molecule has 3 aromatic carbocycles. The van der Waals surface area contributed by atoms with Crippen molar-refractivity contribution in [3.05, 3.63) is 87.9 Å². The standard InChI is InChI=1S/C24H21BrN2O3/c1-28-22-9-5-7-18(23(22)29-2)24-27-20(17-6-3-4-8-21(17)30-24)14-19(26-27)15-10-12-16(25)13-11-15/h3-13,20,24H,14H2,1-2H3. The van der Waals surface area contributed by atoms with E-state index in [-0.39, 0.29) is 6.04 Å². The van der Waals surface area contributed by atoms with E-state index in [1.807, 2.05) is 48.5 Å². The van der Waals surface area contributed by atoms with Crippen LogP contribution in [-0.2, 0) is 0 Å². The molecule has 152 valence electrons. The lowest BCUT2D eigenvalue weighted by molar-refractivity contribution is -0.0205. The normalized spacial score (nSPS) is 19.4. The number of fused-ring (bicyclic) bond motifs is 3. The second kappa shape index (κ2) is 7.69. The van der Waals surface area contributed by atoms with E-state index in [1.165, 1.54) is 0 Å². The lowest BCUT2D eigenvalue weighted by Crippen LogP contribution is -2.34. The predicted molar refractivity (Wildman–Crippen MR) is 119 cm³/mol. The quantitative estimate of drug-likeness (QED) is 0.495. The third-order valence-corrected chi connectivity index (χ3v) is 6.10. The fourth-order valence-corrected chi connectivity index (χ4v) is 4.43. The predicted octanol–water partition coefficient (Wildman–Crippen LogP) is 5.71. The number of para-hydroxylation sites is 2. The summed E-state index contributed by atoms with van der Waals surface area (Å²) in [5.41, 5.74) is 4.18. The first kappa shape index (κ1) is 19.0. The van der Waals surface area contributed by atoms with Gasteiger partial charge in [0.1, 0.15) is 5.75 Å². The van der Waals surface area contributed by atoms with Crippen LogP contribution < -0.4 is 14.2 Å². The van der Waals surface area contributed by atoms with Crippen molar-refractivity contribution in [2.45, 2.75) is 18.7 Å². The lowest BCUT2D eigenvalue weighted by Gasteiger charge is -2.38. The van der Waals surface area contributed by atoms with E-state index in [1.54, 1.807) is 14.2 Å². The van der Waals surface area contributed by atoms with E-state index in [0.29, 0.717) is 11.5 Å². The zero-order chi connectivity index (χ0) is 20.7. The van der Waals surface area contributed by atoms with Gasteiger partial charge in [0, 0.05) is 16.5 Å². The number of hydrogen-bond donors (Lipinski definition) is 0. The molecule has 0 N–H and O–H groups in total. The van der Waals surface area contributed by atoms with E-state index in [2.05, 4.69) is 39.1 Å². The average Bonchev–Trinajstić information content (AvgIpc) is 3.24. The highest BCUT2D eigenvalue weighted by atomic mass is 79.9. The molecule has 0 aliphatic carbocycles. The summed E-state index contributed by atoms with van der Waals surface area (Å²) in [6, 6.07) is 22.4. The molecule has 0 fully saturated rings. The van der Waals surface area contributed by atoms with Crippen molar-refractivity contribution in [3.63, 3.8) is 0 Å². The van der Waals surface area contributed by atoms with Gasteiger partial charge < -0.3 is 14.2 Å². The molecule has 0 aromatic heterocycles. The number of hydrazone groups is 1. The van der Waals surface area contributed by atoms with Crippen LogP contribution in [0.15, 0.2) is 76.3 Å². The maximum absolute atomic E-state index is 6.45. The van der Waals surface area contributed by atoms with Crippen molar-refractivity contribution in [2.24, 2.45) is 5.10 Å². The van der Waals surface area contributed by atoms with Crippen molar-refractivity contribution in [1.82, 2.24) is 5.01 Å². The molecule has 0 amide bonds. The molecule has 5 nitrogen and oxygen atoms in total. The van der Waals surface area contributed by atoms with E-state index in [0.717, 1.165) is 39.0 Å². The fourth-order valence-electron chi connectivity index (χ4n) is 4.16. The van der Waals surface area contributed by atoms with E-state index < -0.39 is 6.23 Å². The molecule has 2 unspecified atom stereocenters. The van der Waals surface area contributed by atoms with Crippen LogP contribution in [0.4, 0.5) is 0 Å². The summed E-state index contributed by atoms with van der Waals surface area (Å²) in [6.45, 7) is 0. The van der Waals surface area contributed by atoms with Crippen LogP contribution in [0.1, 0.15) is 35.4 Å². The molecule has 3 aromatic rings. The highest BCUT2D eigenvalue weighted by Gasteiger charge is 2.42. The van der Waals surface area contributed by atoms with Gasteiger partial charge in [-0.1, -0.05) is 52.3 Å². The number of benzene rings is 3. The molecule has 0 radical (unpaired) electrons. The van der Waals surface area contributed by atoms with Crippen molar-refractivity contribution < 1.29 is 14.2 Å². The minimum atomic E-state index is -0.414. The fraction of sp³-hybridized carbons (Fsp3) is 0.208. The second-order valence-corrected chi connectivity index (χ2v) is 8.16.